The van der Waals surface area contributed by atoms with Gasteiger partial charge in [0.05, 0.1) is 0 Å². The zero-order chi connectivity index (χ0) is 16.3. The van der Waals surface area contributed by atoms with Crippen molar-refractivity contribution in [3.05, 3.63) is 109 Å². The Morgan fingerprint density at radius 3 is 0.636 bits per heavy atom. The molecule has 22 heavy (non-hydrogen) atoms. The average molecular weight is 439 g/mol. The smallest absolute Gasteiger partial charge is 0.171 e. The Morgan fingerprint density at radius 2 is 0.591 bits per heavy atom. The molecular weight excluding hydrogens is 424 g/mol. The molecule has 0 fully saturated rings. The predicted octanol–water partition coefficient (Wildman–Crippen LogP) is 6.53. The molecule has 0 heterocycles. The van der Waals surface area contributed by atoms with Gasteiger partial charge in [0.25, 0.3) is 0 Å². The van der Waals surface area contributed by atoms with E-state index >= 15 is 0 Å². The van der Waals surface area contributed by atoms with E-state index in [1.165, 1.54) is 0 Å². The van der Waals surface area contributed by atoms with E-state index in [0.29, 0.717) is 0 Å². The van der Waals surface area contributed by atoms with Crippen LogP contribution >= 0.6 is 29.1 Å². The summed E-state index contributed by atoms with van der Waals surface area (Å²) in [6.07, 6.45) is 0. The van der Waals surface area contributed by atoms with E-state index in [9.17, 15) is 0 Å². The van der Waals surface area contributed by atoms with Crippen molar-refractivity contribution in [3.63, 3.8) is 0 Å². The van der Waals surface area contributed by atoms with E-state index in [4.69, 9.17) is 29.1 Å². The Kier molecular flexibility index (Phi) is 17.5. The molecule has 4 heteroatoms. The fourth-order valence-electron chi connectivity index (χ4n) is 1.03. The predicted molar refractivity (Wildman–Crippen MR) is 93.4 cm³/mol. The molecule has 0 aliphatic rings. The van der Waals surface area contributed by atoms with Crippen molar-refractivity contribution in [3.8, 4) is 0 Å². The first kappa shape index (κ1) is 21.2. The summed E-state index contributed by atoms with van der Waals surface area (Å²) in [5.74, 6) is 0. The third kappa shape index (κ3) is 21.5. The quantitative estimate of drug-likeness (QED) is 0.277. The van der Waals surface area contributed by atoms with Crippen LogP contribution in [0.5, 0.6) is 0 Å². The monoisotopic (exact) mass is 438 g/mol. The van der Waals surface area contributed by atoms with E-state index in [-0.39, 0.29) is 0 Å². The Bertz CT molecular complexity index is 347. The third-order valence-electron chi connectivity index (χ3n) is 1.82. The van der Waals surface area contributed by atoms with E-state index in [1.54, 1.807) is 0 Å². The second-order valence-corrected chi connectivity index (χ2v) is 11.3. The summed E-state index contributed by atoms with van der Waals surface area (Å²) in [5.41, 5.74) is 0. The Labute approximate surface area is 150 Å². The van der Waals surface area contributed by atoms with Crippen LogP contribution in [0.15, 0.2) is 91.0 Å². The van der Waals surface area contributed by atoms with Gasteiger partial charge < -0.3 is 0 Å². The van der Waals surface area contributed by atoms with Crippen molar-refractivity contribution in [2.24, 2.45) is 0 Å². The Balaban J connectivity index is 0.000000271. The van der Waals surface area contributed by atoms with E-state index in [2.05, 4.69) is 18.2 Å². The minimum Gasteiger partial charge on any atom is -0.184 e. The first-order chi connectivity index (χ1) is 10.7. The van der Waals surface area contributed by atoms with Crippen molar-refractivity contribution >= 4 is 29.1 Å². The third-order valence-corrected chi connectivity index (χ3v) is 1.82. The van der Waals surface area contributed by atoms with Gasteiger partial charge in [-0.2, -0.15) is 109 Å². The van der Waals surface area contributed by atoms with Gasteiger partial charge in [-0.15, -0.1) is 0 Å². The molecule has 0 saturated heterocycles. The van der Waals surface area contributed by atoms with Crippen LogP contribution < -0.4 is 0 Å². The second-order valence-electron chi connectivity index (χ2n) is 3.38. The van der Waals surface area contributed by atoms with Crippen LogP contribution in [0.4, 0.5) is 0 Å². The van der Waals surface area contributed by atoms with Crippen molar-refractivity contribution < 1.29 is 13.0 Å². The summed E-state index contributed by atoms with van der Waals surface area (Å²) in [6.45, 7) is 0. The number of rotatable bonds is 0. The van der Waals surface area contributed by atoms with E-state index in [0.717, 1.165) is 0 Å². The molecule has 0 N–H and O–H groups in total. The molecule has 0 aliphatic heterocycles. The zero-order valence-electron chi connectivity index (χ0n) is 11.6. The largest absolute Gasteiger partial charge is 0.184 e. The molecule has 0 saturated carbocycles. The fourth-order valence-corrected chi connectivity index (χ4v) is 1.03. The SMILES string of the molecule is [Cl][Ru]([Cl])[Cl].[c-]1ccccc1.[c-]1ccccc1.[c-]1ccccc1. The molecule has 0 radical (unpaired) electrons. The molecule has 3 rings (SSSR count). The van der Waals surface area contributed by atoms with Crippen molar-refractivity contribution in [1.29, 1.82) is 0 Å². The molecule has 0 spiro atoms. The molecule has 0 amide bonds. The molecule has 119 valence electrons. The first-order valence-electron chi connectivity index (χ1n) is 6.13. The number of halogens is 3. The summed E-state index contributed by atoms with van der Waals surface area (Å²) in [4.78, 5) is 0. The summed E-state index contributed by atoms with van der Waals surface area (Å²) in [5, 5.41) is 0. The summed E-state index contributed by atoms with van der Waals surface area (Å²) in [7, 11) is 14.8. The molecule has 0 nitrogen and oxygen atoms in total. The van der Waals surface area contributed by atoms with Gasteiger partial charge in [0.1, 0.15) is 0 Å². The van der Waals surface area contributed by atoms with Gasteiger partial charge >= 0.3 is 42.1 Å². The summed E-state index contributed by atoms with van der Waals surface area (Å²) in [6, 6.07) is 37.5. The Morgan fingerprint density at radius 1 is 0.409 bits per heavy atom. The van der Waals surface area contributed by atoms with Crippen LogP contribution in [0, 0.1) is 18.2 Å². The number of hydrogen-bond acceptors (Lipinski definition) is 0. The normalized spacial score (nSPS) is 8.59. The maximum Gasteiger partial charge on any atom is -0.171 e. The zero-order valence-corrected chi connectivity index (χ0v) is 15.7. The van der Waals surface area contributed by atoms with E-state index in [1.807, 2.05) is 91.0 Å². The maximum atomic E-state index is 4.95. The van der Waals surface area contributed by atoms with E-state index < -0.39 is 13.0 Å². The molecular formula is C18H15Cl3Ru-3. The molecule has 0 unspecified atom stereocenters. The fraction of sp³-hybridized carbons (Fsp3) is 0. The van der Waals surface area contributed by atoms with Crippen LogP contribution in [-0.4, -0.2) is 0 Å². The van der Waals surface area contributed by atoms with Crippen LogP contribution in [0.25, 0.3) is 0 Å². The van der Waals surface area contributed by atoms with Gasteiger partial charge in [0, 0.05) is 0 Å². The first-order valence-corrected chi connectivity index (χ1v) is 12.8. The second kappa shape index (κ2) is 18.2. The van der Waals surface area contributed by atoms with Crippen molar-refractivity contribution in [2.45, 2.75) is 0 Å². The van der Waals surface area contributed by atoms with Crippen molar-refractivity contribution in [1.82, 2.24) is 0 Å². The summed E-state index contributed by atoms with van der Waals surface area (Å²) >= 11 is -1.75. The topological polar surface area (TPSA) is 0 Å². The van der Waals surface area contributed by atoms with Gasteiger partial charge in [0.15, 0.2) is 0 Å². The van der Waals surface area contributed by atoms with Gasteiger partial charge in [-0.3, -0.25) is 0 Å². The Hall–Kier alpha value is -0.847. The van der Waals surface area contributed by atoms with Crippen molar-refractivity contribution in [2.75, 3.05) is 0 Å². The molecule has 3 aromatic carbocycles. The average Bonchev–Trinajstić information content (AvgIpc) is 2.60. The van der Waals surface area contributed by atoms with Crippen LogP contribution in [0.1, 0.15) is 0 Å². The summed E-state index contributed by atoms with van der Waals surface area (Å²) < 4.78 is 0. The standard InChI is InChI=1S/3C6H5.3ClH.Ru/c3*1-2-4-6-5-3-1;;;;/h3*1-5H;3*1H;/q3*-1;;;;+3/p-3. The molecule has 3 aromatic rings. The molecule has 0 bridgehead atoms. The van der Waals surface area contributed by atoms with Gasteiger partial charge in [0.2, 0.25) is 0 Å². The number of benzene rings is 3. The van der Waals surface area contributed by atoms with Crippen LogP contribution in [0.3, 0.4) is 0 Å². The van der Waals surface area contributed by atoms with Gasteiger partial charge in [-0.1, -0.05) is 0 Å². The number of hydrogen-bond donors (Lipinski definition) is 0. The molecule has 0 aromatic heterocycles. The maximum absolute atomic E-state index is 4.95. The minimum atomic E-state index is -1.75. The van der Waals surface area contributed by atoms with Crippen LogP contribution in [-0.2, 0) is 13.0 Å². The molecule has 0 atom stereocenters. The van der Waals surface area contributed by atoms with Gasteiger partial charge in [-0.05, 0) is 0 Å². The van der Waals surface area contributed by atoms with Crippen LogP contribution in [0.2, 0.25) is 0 Å². The van der Waals surface area contributed by atoms with Gasteiger partial charge in [-0.25, -0.2) is 0 Å². The minimum absolute atomic E-state index is 1.75. The molecule has 0 aliphatic carbocycles.